The van der Waals surface area contributed by atoms with E-state index in [1.54, 1.807) is 0 Å². The molecule has 0 saturated carbocycles. The monoisotopic (exact) mass is 883 g/mol. The maximum atomic E-state index is 8.54. The van der Waals surface area contributed by atoms with E-state index in [9.17, 15) is 0 Å². The molecular formula is C46H48IrN2SSi-2. The summed E-state index contributed by atoms with van der Waals surface area (Å²) in [6.45, 7) is 19.4. The fourth-order valence-electron chi connectivity index (χ4n) is 6.35. The van der Waals surface area contributed by atoms with Gasteiger partial charge in [0.2, 0.25) is 0 Å². The van der Waals surface area contributed by atoms with Gasteiger partial charge in [-0.2, -0.15) is 11.3 Å². The number of pyridine rings is 2. The molecule has 0 aliphatic carbocycles. The van der Waals surface area contributed by atoms with Crippen molar-refractivity contribution >= 4 is 44.8 Å². The molecule has 0 amide bonds. The molecule has 0 spiro atoms. The Kier molecular flexibility index (Phi) is 11.4. The van der Waals surface area contributed by atoms with Gasteiger partial charge in [0.1, 0.15) is 0 Å². The SMILES string of the molecule is Cc1cc(C)cc(-c2cccc3sc4c(-c5cc(C(C)C)ccn5)[c-]ccc4c23)c1.[2H]C([2H])(c1cc([Si](C)(C)C)cnc1-c1[c-]cccc1)C(C)C.[Ir]. The van der Waals surface area contributed by atoms with Gasteiger partial charge in [0.15, 0.2) is 0 Å². The van der Waals surface area contributed by atoms with Crippen LogP contribution < -0.4 is 5.19 Å². The van der Waals surface area contributed by atoms with Crippen LogP contribution in [-0.2, 0) is 26.5 Å². The van der Waals surface area contributed by atoms with E-state index in [4.69, 9.17) is 7.73 Å². The van der Waals surface area contributed by atoms with Crippen molar-refractivity contribution in [1.82, 2.24) is 9.97 Å². The molecule has 1 radical (unpaired) electrons. The second-order valence-corrected chi connectivity index (χ2v) is 21.0. The van der Waals surface area contributed by atoms with E-state index in [-0.39, 0.29) is 26.0 Å². The molecule has 0 unspecified atom stereocenters. The first-order valence-corrected chi connectivity index (χ1v) is 21.9. The Hall–Kier alpha value is -3.73. The van der Waals surface area contributed by atoms with Crippen LogP contribution >= 0.6 is 11.3 Å². The number of benzene rings is 4. The Morgan fingerprint density at radius 3 is 2.25 bits per heavy atom. The summed E-state index contributed by atoms with van der Waals surface area (Å²) in [7, 11) is -1.54. The van der Waals surface area contributed by atoms with Crippen molar-refractivity contribution in [2.24, 2.45) is 5.92 Å². The number of fused-ring (bicyclic) bond motifs is 3. The van der Waals surface area contributed by atoms with Crippen LogP contribution in [0, 0.1) is 31.9 Å². The second-order valence-electron chi connectivity index (χ2n) is 14.8. The number of hydrogen-bond donors (Lipinski definition) is 0. The summed E-state index contributed by atoms with van der Waals surface area (Å²) in [5.41, 5.74) is 10.8. The van der Waals surface area contributed by atoms with E-state index in [2.05, 4.69) is 119 Å². The van der Waals surface area contributed by atoms with Crippen molar-refractivity contribution in [3.05, 3.63) is 138 Å². The van der Waals surface area contributed by atoms with Gasteiger partial charge < -0.3 is 9.97 Å². The minimum atomic E-state index is -1.54. The summed E-state index contributed by atoms with van der Waals surface area (Å²) in [6, 6.07) is 38.4. The molecule has 7 aromatic rings. The molecule has 7 rings (SSSR count). The summed E-state index contributed by atoms with van der Waals surface area (Å²) in [5.74, 6) is 0.359. The number of aryl methyl sites for hydroxylation is 2. The molecular weight excluding hydrogens is 833 g/mol. The number of thiophene rings is 1. The van der Waals surface area contributed by atoms with Crippen LogP contribution in [0.15, 0.2) is 103 Å². The van der Waals surface area contributed by atoms with Crippen LogP contribution in [0.3, 0.4) is 0 Å². The van der Waals surface area contributed by atoms with Crippen LogP contribution in [-0.4, -0.2) is 18.0 Å². The first kappa shape index (κ1) is 35.7. The van der Waals surface area contributed by atoms with Gasteiger partial charge >= 0.3 is 0 Å². The Balaban J connectivity index is 0.000000211. The fraction of sp³-hybridized carbons (Fsp3) is 0.261. The third-order valence-electron chi connectivity index (χ3n) is 8.86. The van der Waals surface area contributed by atoms with Gasteiger partial charge in [-0.3, -0.25) is 0 Å². The van der Waals surface area contributed by atoms with E-state index in [0.29, 0.717) is 17.2 Å². The van der Waals surface area contributed by atoms with Gasteiger partial charge in [-0.1, -0.05) is 117 Å². The Labute approximate surface area is 326 Å². The first-order valence-electron chi connectivity index (χ1n) is 18.5. The van der Waals surface area contributed by atoms with Gasteiger partial charge in [-0.15, -0.1) is 59.7 Å². The molecule has 4 aromatic carbocycles. The summed E-state index contributed by atoms with van der Waals surface area (Å²) in [4.78, 5) is 9.32. The summed E-state index contributed by atoms with van der Waals surface area (Å²) < 4.78 is 19.7. The minimum absolute atomic E-state index is 0. The average Bonchev–Trinajstić information content (AvgIpc) is 3.50. The number of hydrogen-bond acceptors (Lipinski definition) is 3. The van der Waals surface area contributed by atoms with Crippen molar-refractivity contribution in [2.75, 3.05) is 0 Å². The zero-order valence-electron chi connectivity index (χ0n) is 33.1. The smallest absolute Gasteiger partial charge is 0.0795 e. The molecule has 2 nitrogen and oxygen atoms in total. The molecule has 0 bridgehead atoms. The van der Waals surface area contributed by atoms with Gasteiger partial charge in [0.05, 0.1) is 8.07 Å². The van der Waals surface area contributed by atoms with Crippen LogP contribution in [0.4, 0.5) is 0 Å². The molecule has 263 valence electrons. The quantitative estimate of drug-likeness (QED) is 0.118. The summed E-state index contributed by atoms with van der Waals surface area (Å²) in [5, 5.41) is 3.81. The van der Waals surface area contributed by atoms with E-state index < -0.39 is 14.4 Å². The molecule has 0 fully saturated rings. The molecule has 3 aromatic heterocycles. The molecule has 0 aliphatic rings. The summed E-state index contributed by atoms with van der Waals surface area (Å²) >= 11 is 1.84. The standard InChI is InChI=1S/C28H24NS.C18H24NSi.Ir/c1-17(2)20-11-12-29-25(16-20)23-8-5-9-24-27-22(7-6-10-26(27)30-28(23)24)21-14-18(3)13-19(4)15-21;1-14(2)11-16-12-17(20(3,4)5)13-19-18(16)15-9-7-6-8-10-15;/h5-7,9-17H,1-4H3;6-9,12-14H,11H2,1-5H3;/q2*-1;/i;11D2;. The number of rotatable bonds is 7. The van der Waals surface area contributed by atoms with Crippen LogP contribution in [0.1, 0.15) is 58.6 Å². The van der Waals surface area contributed by atoms with Crippen molar-refractivity contribution in [1.29, 1.82) is 0 Å². The zero-order valence-corrected chi connectivity index (χ0v) is 35.3. The average molecular weight is 883 g/mol. The van der Waals surface area contributed by atoms with E-state index in [0.717, 1.165) is 16.8 Å². The molecule has 0 saturated heterocycles. The topological polar surface area (TPSA) is 25.8 Å². The van der Waals surface area contributed by atoms with Crippen molar-refractivity contribution < 1.29 is 22.8 Å². The van der Waals surface area contributed by atoms with Gasteiger partial charge in [-0.05, 0) is 82.0 Å². The molecule has 0 aliphatic heterocycles. The Morgan fingerprint density at radius 1 is 0.824 bits per heavy atom. The molecule has 5 heteroatoms. The fourth-order valence-corrected chi connectivity index (χ4v) is 8.61. The van der Waals surface area contributed by atoms with Crippen LogP contribution in [0.5, 0.6) is 0 Å². The number of aromatic nitrogens is 2. The second kappa shape index (κ2) is 16.3. The Bertz CT molecular complexity index is 2340. The largest absolute Gasteiger partial charge is 0.305 e. The summed E-state index contributed by atoms with van der Waals surface area (Å²) in [6.07, 6.45) is 2.43. The third kappa shape index (κ3) is 8.84. The van der Waals surface area contributed by atoms with Crippen molar-refractivity contribution in [3.8, 4) is 33.6 Å². The molecule has 0 N–H and O–H groups in total. The Morgan fingerprint density at radius 2 is 1.59 bits per heavy atom. The normalized spacial score (nSPS) is 12.4. The van der Waals surface area contributed by atoms with E-state index >= 15 is 0 Å². The third-order valence-corrected chi connectivity index (χ3v) is 12.1. The maximum absolute atomic E-state index is 8.54. The van der Waals surface area contributed by atoms with E-state index in [1.165, 1.54) is 53.2 Å². The van der Waals surface area contributed by atoms with Gasteiger partial charge in [0, 0.05) is 39.9 Å². The van der Waals surface area contributed by atoms with Gasteiger partial charge in [0.25, 0.3) is 0 Å². The minimum Gasteiger partial charge on any atom is -0.305 e. The van der Waals surface area contributed by atoms with Gasteiger partial charge in [-0.25, -0.2) is 0 Å². The van der Waals surface area contributed by atoms with Crippen molar-refractivity contribution in [3.63, 3.8) is 0 Å². The maximum Gasteiger partial charge on any atom is 0.0795 e. The van der Waals surface area contributed by atoms with E-state index in [1.807, 2.05) is 74.0 Å². The van der Waals surface area contributed by atoms with Crippen LogP contribution in [0.2, 0.25) is 19.6 Å². The molecule has 0 atom stereocenters. The van der Waals surface area contributed by atoms with Crippen molar-refractivity contribution in [2.45, 2.75) is 73.5 Å². The number of nitrogens with zero attached hydrogens (tertiary/aromatic N) is 2. The van der Waals surface area contributed by atoms with Crippen LogP contribution in [0.25, 0.3) is 53.8 Å². The molecule has 3 heterocycles. The molecule has 51 heavy (non-hydrogen) atoms. The predicted molar refractivity (Wildman–Crippen MR) is 220 cm³/mol. The first-order chi connectivity index (χ1) is 24.6. The zero-order chi connectivity index (χ0) is 37.4. The predicted octanol–water partition coefficient (Wildman–Crippen LogP) is 12.6.